The van der Waals surface area contributed by atoms with Gasteiger partial charge in [-0.05, 0) is 30.5 Å². The zero-order valence-corrected chi connectivity index (χ0v) is 10.9. The summed E-state index contributed by atoms with van der Waals surface area (Å²) in [4.78, 5) is 23.3. The average Bonchev–Trinajstić information content (AvgIpc) is 2.46. The fourth-order valence-corrected chi connectivity index (χ4v) is 2.00. The SMILES string of the molecule is O=C(OCc1ccc([N+](=O)[O-])cc1)N1CCC(O)CC1. The number of carbonyl (C=O) groups excluding carboxylic acids is 1. The first-order chi connectivity index (χ1) is 9.56. The molecule has 1 saturated heterocycles. The first-order valence-corrected chi connectivity index (χ1v) is 6.39. The van der Waals surface area contributed by atoms with Crippen LogP contribution in [-0.2, 0) is 11.3 Å². The Morgan fingerprint density at radius 1 is 1.35 bits per heavy atom. The number of non-ortho nitro benzene ring substituents is 1. The van der Waals surface area contributed by atoms with Crippen molar-refractivity contribution in [3.05, 3.63) is 39.9 Å². The Kier molecular flexibility index (Phi) is 4.52. The van der Waals surface area contributed by atoms with Crippen LogP contribution in [0.1, 0.15) is 18.4 Å². The molecule has 1 aliphatic heterocycles. The monoisotopic (exact) mass is 280 g/mol. The molecule has 0 bridgehead atoms. The molecule has 0 aliphatic carbocycles. The van der Waals surface area contributed by atoms with E-state index in [4.69, 9.17) is 4.74 Å². The van der Waals surface area contributed by atoms with Crippen molar-refractivity contribution in [3.63, 3.8) is 0 Å². The van der Waals surface area contributed by atoms with Gasteiger partial charge in [0.05, 0.1) is 11.0 Å². The maximum atomic E-state index is 11.8. The number of amides is 1. The molecule has 0 saturated carbocycles. The van der Waals surface area contributed by atoms with Crippen LogP contribution in [0.4, 0.5) is 10.5 Å². The van der Waals surface area contributed by atoms with Gasteiger partial charge in [-0.3, -0.25) is 10.1 Å². The van der Waals surface area contributed by atoms with Crippen molar-refractivity contribution >= 4 is 11.8 Å². The number of nitrogens with zero attached hydrogens (tertiary/aromatic N) is 2. The van der Waals surface area contributed by atoms with E-state index in [-0.39, 0.29) is 18.4 Å². The number of hydrogen-bond donors (Lipinski definition) is 1. The molecule has 108 valence electrons. The molecule has 20 heavy (non-hydrogen) atoms. The summed E-state index contributed by atoms with van der Waals surface area (Å²) >= 11 is 0. The lowest BCUT2D eigenvalue weighted by atomic mass is 10.1. The molecule has 7 heteroatoms. The standard InChI is InChI=1S/C13H16N2O5/c16-12-5-7-14(8-6-12)13(17)20-9-10-1-3-11(4-2-10)15(18)19/h1-4,12,16H,5-9H2. The Balaban J connectivity index is 1.82. The van der Waals surface area contributed by atoms with E-state index in [1.165, 1.54) is 12.1 Å². The summed E-state index contributed by atoms with van der Waals surface area (Å²) in [6.45, 7) is 1.05. The van der Waals surface area contributed by atoms with Gasteiger partial charge >= 0.3 is 6.09 Å². The molecule has 0 spiro atoms. The van der Waals surface area contributed by atoms with Gasteiger partial charge in [0.1, 0.15) is 6.61 Å². The normalized spacial score (nSPS) is 15.9. The predicted molar refractivity (Wildman–Crippen MR) is 70.1 cm³/mol. The highest BCUT2D eigenvalue weighted by Crippen LogP contribution is 2.14. The van der Waals surface area contributed by atoms with E-state index in [1.54, 1.807) is 17.0 Å². The lowest BCUT2D eigenvalue weighted by Gasteiger charge is -2.28. The summed E-state index contributed by atoms with van der Waals surface area (Å²) < 4.78 is 5.14. The van der Waals surface area contributed by atoms with Crippen molar-refractivity contribution in [2.75, 3.05) is 13.1 Å². The Morgan fingerprint density at radius 3 is 2.50 bits per heavy atom. The first-order valence-electron chi connectivity index (χ1n) is 6.39. The smallest absolute Gasteiger partial charge is 0.410 e. The number of carbonyl (C=O) groups is 1. The van der Waals surface area contributed by atoms with E-state index in [0.29, 0.717) is 31.5 Å². The summed E-state index contributed by atoms with van der Waals surface area (Å²) in [6, 6.07) is 5.87. The van der Waals surface area contributed by atoms with Crippen molar-refractivity contribution in [2.24, 2.45) is 0 Å². The van der Waals surface area contributed by atoms with Crippen LogP contribution in [0.3, 0.4) is 0 Å². The third-order valence-corrected chi connectivity index (χ3v) is 3.23. The van der Waals surface area contributed by atoms with Gasteiger partial charge in [0.25, 0.3) is 5.69 Å². The van der Waals surface area contributed by atoms with Gasteiger partial charge in [-0.15, -0.1) is 0 Å². The van der Waals surface area contributed by atoms with Crippen molar-refractivity contribution in [1.29, 1.82) is 0 Å². The molecular formula is C13H16N2O5. The zero-order valence-electron chi connectivity index (χ0n) is 10.9. The van der Waals surface area contributed by atoms with E-state index < -0.39 is 11.0 Å². The van der Waals surface area contributed by atoms with Gasteiger partial charge in [0, 0.05) is 25.2 Å². The summed E-state index contributed by atoms with van der Waals surface area (Å²) in [5.74, 6) is 0. The number of ether oxygens (including phenoxy) is 1. The molecule has 1 amide bonds. The molecule has 0 aromatic heterocycles. The fourth-order valence-electron chi connectivity index (χ4n) is 2.00. The molecule has 1 N–H and O–H groups in total. The van der Waals surface area contributed by atoms with E-state index in [2.05, 4.69) is 0 Å². The summed E-state index contributed by atoms with van der Waals surface area (Å²) in [5.41, 5.74) is 0.700. The van der Waals surface area contributed by atoms with Gasteiger partial charge in [-0.1, -0.05) is 0 Å². The number of piperidine rings is 1. The van der Waals surface area contributed by atoms with Gasteiger partial charge in [0.15, 0.2) is 0 Å². The van der Waals surface area contributed by atoms with Crippen LogP contribution in [-0.4, -0.2) is 40.2 Å². The van der Waals surface area contributed by atoms with Crippen LogP contribution in [0.5, 0.6) is 0 Å². The van der Waals surface area contributed by atoms with Crippen molar-refractivity contribution in [2.45, 2.75) is 25.6 Å². The number of aliphatic hydroxyl groups excluding tert-OH is 1. The Bertz CT molecular complexity index is 480. The number of benzene rings is 1. The van der Waals surface area contributed by atoms with Crippen LogP contribution in [0.2, 0.25) is 0 Å². The second-order valence-electron chi connectivity index (χ2n) is 4.70. The summed E-state index contributed by atoms with van der Waals surface area (Å²) in [6.07, 6.45) is 0.364. The van der Waals surface area contributed by atoms with E-state index in [9.17, 15) is 20.0 Å². The first kappa shape index (κ1) is 14.3. The molecule has 0 unspecified atom stereocenters. The van der Waals surface area contributed by atoms with E-state index in [0.717, 1.165) is 0 Å². The third kappa shape index (κ3) is 3.67. The molecule has 1 aromatic rings. The topological polar surface area (TPSA) is 92.9 Å². The largest absolute Gasteiger partial charge is 0.445 e. The molecule has 1 heterocycles. The Hall–Kier alpha value is -2.15. The van der Waals surface area contributed by atoms with Crippen LogP contribution < -0.4 is 0 Å². The van der Waals surface area contributed by atoms with Crippen molar-refractivity contribution in [3.8, 4) is 0 Å². The maximum Gasteiger partial charge on any atom is 0.410 e. The fraction of sp³-hybridized carbons (Fsp3) is 0.462. The third-order valence-electron chi connectivity index (χ3n) is 3.23. The number of aliphatic hydroxyl groups is 1. The number of rotatable bonds is 3. The van der Waals surface area contributed by atoms with E-state index >= 15 is 0 Å². The van der Waals surface area contributed by atoms with E-state index in [1.807, 2.05) is 0 Å². The Morgan fingerprint density at radius 2 is 1.95 bits per heavy atom. The highest BCUT2D eigenvalue weighted by atomic mass is 16.6. The van der Waals surface area contributed by atoms with Crippen molar-refractivity contribution < 1.29 is 19.6 Å². The minimum atomic E-state index is -0.477. The minimum Gasteiger partial charge on any atom is -0.445 e. The average molecular weight is 280 g/mol. The lowest BCUT2D eigenvalue weighted by Crippen LogP contribution is -2.40. The van der Waals surface area contributed by atoms with Gasteiger partial charge < -0.3 is 14.7 Å². The van der Waals surface area contributed by atoms with Gasteiger partial charge in [-0.25, -0.2) is 4.79 Å². The highest BCUT2D eigenvalue weighted by molar-refractivity contribution is 5.67. The second kappa shape index (κ2) is 6.33. The molecule has 1 aliphatic rings. The number of hydrogen-bond acceptors (Lipinski definition) is 5. The molecule has 1 fully saturated rings. The number of nitro benzene ring substituents is 1. The quantitative estimate of drug-likeness (QED) is 0.671. The van der Waals surface area contributed by atoms with Crippen LogP contribution >= 0.6 is 0 Å². The molecule has 0 radical (unpaired) electrons. The van der Waals surface area contributed by atoms with Gasteiger partial charge in [-0.2, -0.15) is 0 Å². The molecule has 0 atom stereocenters. The minimum absolute atomic E-state index is 0.00472. The molecule has 2 rings (SSSR count). The second-order valence-corrected chi connectivity index (χ2v) is 4.70. The molecule has 7 nitrogen and oxygen atoms in total. The predicted octanol–water partition coefficient (Wildman–Crippen LogP) is 1.69. The number of likely N-dealkylation sites (tertiary alicyclic amines) is 1. The van der Waals surface area contributed by atoms with Crippen LogP contribution in [0.15, 0.2) is 24.3 Å². The molecular weight excluding hydrogens is 264 g/mol. The maximum absolute atomic E-state index is 11.8. The highest BCUT2D eigenvalue weighted by Gasteiger charge is 2.22. The van der Waals surface area contributed by atoms with Gasteiger partial charge in [0.2, 0.25) is 0 Å². The van der Waals surface area contributed by atoms with Crippen molar-refractivity contribution in [1.82, 2.24) is 4.90 Å². The zero-order chi connectivity index (χ0) is 14.5. The number of nitro groups is 1. The summed E-state index contributed by atoms with van der Waals surface area (Å²) in [7, 11) is 0. The van der Waals surface area contributed by atoms with Crippen LogP contribution in [0, 0.1) is 10.1 Å². The van der Waals surface area contributed by atoms with Crippen LogP contribution in [0.25, 0.3) is 0 Å². The molecule has 1 aromatic carbocycles. The summed E-state index contributed by atoms with van der Waals surface area (Å²) in [5, 5.41) is 19.9. The lowest BCUT2D eigenvalue weighted by molar-refractivity contribution is -0.384. The Labute approximate surface area is 115 Å².